The first-order valence-corrected chi connectivity index (χ1v) is 6.43. The number of fused-ring (bicyclic) bond motifs is 1. The second-order valence-electron chi connectivity index (χ2n) is 3.73. The van der Waals surface area contributed by atoms with Crippen LogP contribution in [0.2, 0.25) is 0 Å². The van der Waals surface area contributed by atoms with Gasteiger partial charge in [0, 0.05) is 0 Å². The third kappa shape index (κ3) is 2.62. The van der Waals surface area contributed by atoms with E-state index in [1.807, 2.05) is 0 Å². The lowest BCUT2D eigenvalue weighted by molar-refractivity contribution is 0.275. The lowest BCUT2D eigenvalue weighted by atomic mass is 9.78. The van der Waals surface area contributed by atoms with Gasteiger partial charge >= 0.3 is 7.12 Å². The van der Waals surface area contributed by atoms with Crippen LogP contribution in [0.5, 0.6) is 0 Å². The van der Waals surface area contributed by atoms with Crippen molar-refractivity contribution in [1.29, 1.82) is 0 Å². The fourth-order valence-corrected chi connectivity index (χ4v) is 2.16. The van der Waals surface area contributed by atoms with Crippen LogP contribution in [-0.4, -0.2) is 30.9 Å². The van der Waals surface area contributed by atoms with E-state index >= 15 is 0 Å². The summed E-state index contributed by atoms with van der Waals surface area (Å²) in [5, 5.41) is 9.44. The fourth-order valence-electron chi connectivity index (χ4n) is 1.67. The van der Waals surface area contributed by atoms with E-state index < -0.39 is 17.2 Å². The highest BCUT2D eigenvalue weighted by atomic mass is 32.2. The van der Waals surface area contributed by atoms with Crippen LogP contribution in [0.4, 0.5) is 0 Å². The zero-order chi connectivity index (χ0) is 11.8. The highest BCUT2D eigenvalue weighted by molar-refractivity contribution is 7.85. The van der Waals surface area contributed by atoms with E-state index in [2.05, 4.69) is 0 Å². The van der Waals surface area contributed by atoms with Crippen LogP contribution in [0.25, 0.3) is 0 Å². The Morgan fingerprint density at radius 3 is 2.88 bits per heavy atom. The van der Waals surface area contributed by atoms with Gasteiger partial charge in [0.25, 0.3) is 10.1 Å². The fraction of sp³-hybridized carbons (Fsp3) is 0.333. The number of benzene rings is 1. The lowest BCUT2D eigenvalue weighted by Crippen LogP contribution is -2.28. The van der Waals surface area contributed by atoms with Crippen LogP contribution in [0.15, 0.2) is 18.2 Å². The Bertz CT molecular complexity index is 499. The molecule has 0 aliphatic carbocycles. The molecule has 1 heterocycles. The van der Waals surface area contributed by atoms with Gasteiger partial charge in [0.2, 0.25) is 0 Å². The van der Waals surface area contributed by atoms with E-state index in [0.717, 1.165) is 11.1 Å². The van der Waals surface area contributed by atoms with Crippen molar-refractivity contribution in [3.8, 4) is 0 Å². The minimum Gasteiger partial charge on any atom is -0.423 e. The average molecular weight is 242 g/mol. The zero-order valence-corrected chi connectivity index (χ0v) is 9.27. The molecule has 1 aliphatic heterocycles. The summed E-state index contributed by atoms with van der Waals surface area (Å²) in [5.74, 6) is -0.317. The molecule has 0 aromatic heterocycles. The number of aryl methyl sites for hydroxylation is 1. The van der Waals surface area contributed by atoms with Gasteiger partial charge in [-0.3, -0.25) is 4.55 Å². The SMILES string of the molecule is O=S(=O)(O)CCc1ccc2c(c1)B(O)OC2. The van der Waals surface area contributed by atoms with Gasteiger partial charge in [-0.05, 0) is 23.0 Å². The van der Waals surface area contributed by atoms with Gasteiger partial charge in [-0.2, -0.15) is 8.42 Å². The molecule has 0 atom stereocenters. The van der Waals surface area contributed by atoms with Crippen LogP contribution in [0, 0.1) is 0 Å². The van der Waals surface area contributed by atoms with E-state index in [9.17, 15) is 13.4 Å². The lowest BCUT2D eigenvalue weighted by Gasteiger charge is -2.03. The zero-order valence-electron chi connectivity index (χ0n) is 8.46. The summed E-state index contributed by atoms with van der Waals surface area (Å²) >= 11 is 0. The summed E-state index contributed by atoms with van der Waals surface area (Å²) in [5.41, 5.74) is 2.33. The van der Waals surface area contributed by atoms with Gasteiger partial charge in [-0.1, -0.05) is 18.2 Å². The molecule has 0 saturated heterocycles. The molecule has 16 heavy (non-hydrogen) atoms. The van der Waals surface area contributed by atoms with E-state index in [0.29, 0.717) is 12.1 Å². The first-order chi connectivity index (χ1) is 7.46. The molecule has 1 aromatic carbocycles. The smallest absolute Gasteiger partial charge is 0.423 e. The van der Waals surface area contributed by atoms with Crippen molar-refractivity contribution in [3.05, 3.63) is 29.3 Å². The standard InChI is InChI=1S/C9H11BO5S/c11-10-9-5-7(3-4-16(12,13)14)1-2-8(9)6-15-10/h1-2,5,11H,3-4,6H2,(H,12,13,14). The number of hydrogen-bond donors (Lipinski definition) is 2. The molecule has 5 nitrogen and oxygen atoms in total. The number of hydrogen-bond acceptors (Lipinski definition) is 4. The summed E-state index contributed by atoms with van der Waals surface area (Å²) in [7, 11) is -4.87. The van der Waals surface area contributed by atoms with Gasteiger partial charge < -0.3 is 9.68 Å². The van der Waals surface area contributed by atoms with E-state index in [-0.39, 0.29) is 12.2 Å². The Morgan fingerprint density at radius 1 is 1.44 bits per heavy atom. The van der Waals surface area contributed by atoms with Crippen LogP contribution in [0.3, 0.4) is 0 Å². The van der Waals surface area contributed by atoms with Crippen LogP contribution >= 0.6 is 0 Å². The summed E-state index contributed by atoms with van der Waals surface area (Å²) in [4.78, 5) is 0. The molecule has 1 aliphatic rings. The molecule has 0 bridgehead atoms. The summed E-state index contributed by atoms with van der Waals surface area (Å²) in [6.45, 7) is 0.370. The first-order valence-electron chi connectivity index (χ1n) is 4.82. The molecule has 2 rings (SSSR count). The molecule has 2 N–H and O–H groups in total. The van der Waals surface area contributed by atoms with Gasteiger partial charge in [-0.15, -0.1) is 0 Å². The first kappa shape index (κ1) is 11.6. The van der Waals surface area contributed by atoms with E-state index in [4.69, 9.17) is 9.21 Å². The van der Waals surface area contributed by atoms with Gasteiger partial charge in [0.15, 0.2) is 0 Å². The van der Waals surface area contributed by atoms with Gasteiger partial charge in [-0.25, -0.2) is 0 Å². The summed E-state index contributed by atoms with van der Waals surface area (Å²) < 4.78 is 34.8. The normalized spacial score (nSPS) is 15.2. The predicted octanol–water partition coefficient (Wildman–Crippen LogP) is -0.665. The van der Waals surface area contributed by atoms with Crippen molar-refractivity contribution in [1.82, 2.24) is 0 Å². The summed E-state index contributed by atoms with van der Waals surface area (Å²) in [6, 6.07) is 5.27. The molecule has 0 radical (unpaired) electrons. The van der Waals surface area contributed by atoms with Gasteiger partial charge in [0.05, 0.1) is 12.4 Å². The summed E-state index contributed by atoms with van der Waals surface area (Å²) in [6.07, 6.45) is 0.221. The van der Waals surface area contributed by atoms with Crippen molar-refractivity contribution < 1.29 is 22.6 Å². The quantitative estimate of drug-likeness (QED) is 0.542. The van der Waals surface area contributed by atoms with Crippen LogP contribution in [-0.2, 0) is 27.8 Å². The van der Waals surface area contributed by atoms with E-state index in [1.165, 1.54) is 0 Å². The minimum atomic E-state index is -3.94. The molecule has 1 aromatic rings. The second kappa shape index (κ2) is 4.17. The van der Waals surface area contributed by atoms with Crippen molar-refractivity contribution >= 4 is 22.7 Å². The maximum Gasteiger partial charge on any atom is 0.491 e. The molecular weight excluding hydrogens is 231 g/mol. The predicted molar refractivity (Wildman–Crippen MR) is 59.0 cm³/mol. The topological polar surface area (TPSA) is 83.8 Å². The Labute approximate surface area is 93.9 Å². The third-order valence-electron chi connectivity index (χ3n) is 2.52. The maximum atomic E-state index is 10.6. The Kier molecular flexibility index (Phi) is 3.03. The molecule has 0 fully saturated rings. The minimum absolute atomic E-state index is 0.221. The van der Waals surface area contributed by atoms with Crippen LogP contribution < -0.4 is 5.46 Å². The molecule has 0 spiro atoms. The molecule has 0 unspecified atom stereocenters. The molecule has 0 saturated carbocycles. The van der Waals surface area contributed by atoms with Gasteiger partial charge in [0.1, 0.15) is 0 Å². The largest absolute Gasteiger partial charge is 0.491 e. The molecule has 7 heteroatoms. The third-order valence-corrected chi connectivity index (χ3v) is 3.24. The number of rotatable bonds is 3. The van der Waals surface area contributed by atoms with Crippen molar-refractivity contribution in [2.24, 2.45) is 0 Å². The van der Waals surface area contributed by atoms with Crippen molar-refractivity contribution in [2.75, 3.05) is 5.75 Å². The second-order valence-corrected chi connectivity index (χ2v) is 5.30. The maximum absolute atomic E-state index is 10.6. The average Bonchev–Trinajstić information content (AvgIpc) is 2.56. The molecule has 86 valence electrons. The molecule has 0 amide bonds. The van der Waals surface area contributed by atoms with E-state index in [1.54, 1.807) is 18.2 Å². The Morgan fingerprint density at radius 2 is 2.19 bits per heavy atom. The van der Waals surface area contributed by atoms with Crippen LogP contribution in [0.1, 0.15) is 11.1 Å². The monoisotopic (exact) mass is 242 g/mol. The highest BCUT2D eigenvalue weighted by Gasteiger charge is 2.27. The molecular formula is C9H11BO5S. The van der Waals surface area contributed by atoms with Crippen molar-refractivity contribution in [3.63, 3.8) is 0 Å². The highest BCUT2D eigenvalue weighted by Crippen LogP contribution is 2.12. The Balaban J connectivity index is 2.16. The Hall–Kier alpha value is -0.885. The van der Waals surface area contributed by atoms with Crippen molar-refractivity contribution in [2.45, 2.75) is 13.0 Å².